The monoisotopic (exact) mass is 194 g/mol. The summed E-state index contributed by atoms with van der Waals surface area (Å²) < 4.78 is 0. The molecule has 0 nitrogen and oxygen atoms in total. The zero-order valence-corrected chi connectivity index (χ0v) is 0. The normalized spacial score (nSPS) is 0. The molecule has 0 aliphatic rings. The molecule has 0 saturated heterocycles. The van der Waals surface area contributed by atoms with Crippen LogP contribution in [0.3, 0.4) is 0 Å². The van der Waals surface area contributed by atoms with Crippen LogP contribution in [0.15, 0.2) is 0 Å². The summed E-state index contributed by atoms with van der Waals surface area (Å²) in [6, 6.07) is 0. The predicted molar refractivity (Wildman–Crippen MR) is 38.4 cm³/mol. The van der Waals surface area contributed by atoms with Gasteiger partial charge in [-0.05, 0) is 11.0 Å². The second-order valence-electron chi connectivity index (χ2n) is 0. The molecule has 4 heavy (non-hydrogen) atoms. The van der Waals surface area contributed by atoms with Crippen LogP contribution in [-0.4, -0.2) is 112 Å². The maximum atomic E-state index is 0. The molecule has 0 aromatic carbocycles. The summed E-state index contributed by atoms with van der Waals surface area (Å²) in [6.45, 7) is 0. The third-order valence-corrected chi connectivity index (χ3v) is 0. The van der Waals surface area contributed by atoms with Gasteiger partial charge in [-0.2, -0.15) is 0 Å². The van der Waals surface area contributed by atoms with Gasteiger partial charge in [-0.3, -0.25) is 0 Å². The standard InChI is InChI=1S/Al.Ca.H4Si.Sr.7H/h;;1H4;;;;;;;;. The van der Waals surface area contributed by atoms with Gasteiger partial charge >= 0.3 is 83.2 Å². The summed E-state index contributed by atoms with van der Waals surface area (Å²) in [5.74, 6) is 0. The van der Waals surface area contributed by atoms with Crippen LogP contribution >= 0.6 is 0 Å². The van der Waals surface area contributed by atoms with E-state index in [0.717, 1.165) is 0 Å². The molecule has 0 aromatic heterocycles. The molecule has 0 rings (SSSR count). The molecule has 0 aromatic rings. The minimum absolute atomic E-state index is 0. The molecule has 0 aliphatic carbocycles. The topological polar surface area (TPSA) is 0 Å². The number of rotatable bonds is 0. The van der Waals surface area contributed by atoms with Crippen molar-refractivity contribution < 1.29 is 0 Å². The molecular weight excluding hydrogens is 183 g/mol. The summed E-state index contributed by atoms with van der Waals surface area (Å²) in [7, 11) is 0. The third-order valence-electron chi connectivity index (χ3n) is 0. The molecule has 0 atom stereocenters. The fourth-order valence-electron chi connectivity index (χ4n) is 0. The number of hydrogen-bond donors (Lipinski definition) is 0. The molecule has 0 spiro atoms. The van der Waals surface area contributed by atoms with Crippen molar-refractivity contribution in [2.24, 2.45) is 0 Å². The molecule has 0 heterocycles. The summed E-state index contributed by atoms with van der Waals surface area (Å²) in [5, 5.41) is 0. The zero-order valence-electron chi connectivity index (χ0n) is 0. The van der Waals surface area contributed by atoms with Crippen molar-refractivity contribution in [3.05, 3.63) is 0 Å². The van der Waals surface area contributed by atoms with E-state index >= 15 is 0 Å². The Kier molecular flexibility index (Phi) is 104. The molecule has 0 fully saturated rings. The Balaban J connectivity index is 0. The average molecular weight is 194 g/mol. The van der Waals surface area contributed by atoms with Crippen molar-refractivity contribution in [1.82, 2.24) is 0 Å². The van der Waals surface area contributed by atoms with Crippen LogP contribution in [0.2, 0.25) is 0 Å². The van der Waals surface area contributed by atoms with Gasteiger partial charge < -0.3 is 0 Å². The molecule has 0 bridgehead atoms. The van der Waals surface area contributed by atoms with Gasteiger partial charge in [-0.1, -0.05) is 0 Å². The molecular formula is H11AlCaSiSr. The number of hydrogen-bond acceptors (Lipinski definition) is 0. The first-order chi connectivity index (χ1) is 0. The van der Waals surface area contributed by atoms with Crippen molar-refractivity contribution >= 4 is 112 Å². The Labute approximate surface area is 109 Å². The van der Waals surface area contributed by atoms with Crippen LogP contribution in [0.1, 0.15) is 0 Å². The van der Waals surface area contributed by atoms with Gasteiger partial charge in [-0.25, -0.2) is 0 Å². The average Bonchev–Trinajstić information content (AvgIpc) is 0. The van der Waals surface area contributed by atoms with E-state index in [0.29, 0.717) is 0 Å². The zero-order chi connectivity index (χ0) is 0. The van der Waals surface area contributed by atoms with Gasteiger partial charge in [0.2, 0.25) is 0 Å². The van der Waals surface area contributed by atoms with Gasteiger partial charge in [0, 0.05) is 0 Å². The Bertz CT molecular complexity index is 8.00. The Morgan fingerprint density at radius 1 is 1.00 bits per heavy atom. The van der Waals surface area contributed by atoms with Crippen LogP contribution in [0.5, 0.6) is 0 Å². The Morgan fingerprint density at radius 3 is 1.00 bits per heavy atom. The van der Waals surface area contributed by atoms with E-state index in [1.807, 2.05) is 0 Å². The van der Waals surface area contributed by atoms with Crippen LogP contribution < -0.4 is 0 Å². The third kappa shape index (κ3) is 9.09. The molecule has 0 saturated carbocycles. The van der Waals surface area contributed by atoms with E-state index in [1.54, 1.807) is 0 Å². The van der Waals surface area contributed by atoms with Crippen LogP contribution in [0.25, 0.3) is 0 Å². The maximum absolute atomic E-state index is 0. The first-order valence-corrected chi connectivity index (χ1v) is 0. The second kappa shape index (κ2) is 16.1. The van der Waals surface area contributed by atoms with Gasteiger partial charge in [0.1, 0.15) is 0 Å². The first-order valence-electron chi connectivity index (χ1n) is 0. The summed E-state index contributed by atoms with van der Waals surface area (Å²) in [5.41, 5.74) is 0. The molecule has 4 heteroatoms. The molecule has 0 amide bonds. The van der Waals surface area contributed by atoms with E-state index in [4.69, 9.17) is 0 Å². The summed E-state index contributed by atoms with van der Waals surface area (Å²) in [4.78, 5) is 0. The molecule has 22 valence electrons. The van der Waals surface area contributed by atoms with E-state index < -0.39 is 0 Å². The SMILES string of the molecule is [AlH3].[CaH2].[SiH4].[SrH2]. The van der Waals surface area contributed by atoms with Crippen molar-refractivity contribution in [2.45, 2.75) is 0 Å². The van der Waals surface area contributed by atoms with E-state index in [2.05, 4.69) is 0 Å². The fourth-order valence-corrected chi connectivity index (χ4v) is 0. The summed E-state index contributed by atoms with van der Waals surface area (Å²) >= 11 is 0. The summed E-state index contributed by atoms with van der Waals surface area (Å²) in [6.07, 6.45) is 0. The molecule has 0 N–H and O–H groups in total. The van der Waals surface area contributed by atoms with Crippen molar-refractivity contribution in [3.63, 3.8) is 0 Å². The second-order valence-corrected chi connectivity index (χ2v) is 0. The van der Waals surface area contributed by atoms with Crippen LogP contribution in [-0.2, 0) is 0 Å². The quantitative estimate of drug-likeness (QED) is 0.341. The van der Waals surface area contributed by atoms with Gasteiger partial charge in [0.25, 0.3) is 0 Å². The van der Waals surface area contributed by atoms with E-state index in [-0.39, 0.29) is 112 Å². The Morgan fingerprint density at radius 2 is 1.00 bits per heavy atom. The van der Waals surface area contributed by atoms with E-state index in [9.17, 15) is 0 Å². The van der Waals surface area contributed by atoms with Gasteiger partial charge in [0.05, 0.1) is 0 Å². The first kappa shape index (κ1) is 25.9. The van der Waals surface area contributed by atoms with E-state index in [1.165, 1.54) is 0 Å². The molecule has 0 unspecified atom stereocenters. The van der Waals surface area contributed by atoms with Gasteiger partial charge in [-0.15, -0.1) is 0 Å². The minimum atomic E-state index is 0. The predicted octanol–water partition coefficient (Wildman–Crippen LogP) is -4.47. The fraction of sp³-hybridized carbons (Fsp3) is 0. The molecule has 0 aliphatic heterocycles. The molecule has 0 radical (unpaired) electrons. The van der Waals surface area contributed by atoms with Crippen LogP contribution in [0, 0.1) is 0 Å². The van der Waals surface area contributed by atoms with Crippen molar-refractivity contribution in [2.75, 3.05) is 0 Å². The van der Waals surface area contributed by atoms with Crippen LogP contribution in [0.4, 0.5) is 0 Å². The Hall–Kier alpha value is 3.49. The van der Waals surface area contributed by atoms with Crippen molar-refractivity contribution in [1.29, 1.82) is 0 Å². The van der Waals surface area contributed by atoms with Crippen molar-refractivity contribution in [3.8, 4) is 0 Å². The van der Waals surface area contributed by atoms with Gasteiger partial charge in [0.15, 0.2) is 17.4 Å².